The Balaban J connectivity index is 2.43. The van der Waals surface area contributed by atoms with Gasteiger partial charge in [0.05, 0.1) is 12.0 Å². The fourth-order valence-electron chi connectivity index (χ4n) is 2.55. The van der Waals surface area contributed by atoms with Crippen molar-refractivity contribution in [2.45, 2.75) is 33.1 Å². The monoisotopic (exact) mass is 199 g/mol. The zero-order valence-corrected chi connectivity index (χ0v) is 9.38. The van der Waals surface area contributed by atoms with Crippen molar-refractivity contribution in [2.24, 2.45) is 23.0 Å². The largest absolute Gasteiger partial charge is 0.384 e. The van der Waals surface area contributed by atoms with E-state index in [0.717, 1.165) is 12.8 Å². The predicted molar refractivity (Wildman–Crippen MR) is 55.7 cm³/mol. The molecule has 3 heteroatoms. The Morgan fingerprint density at radius 1 is 1.57 bits per heavy atom. The smallest absolute Gasteiger partial charge is 0.225 e. The first-order valence-electron chi connectivity index (χ1n) is 5.29. The second-order valence-corrected chi connectivity index (χ2v) is 4.98. The van der Waals surface area contributed by atoms with Crippen molar-refractivity contribution >= 4 is 5.91 Å². The summed E-state index contributed by atoms with van der Waals surface area (Å²) >= 11 is 0. The summed E-state index contributed by atoms with van der Waals surface area (Å²) in [5.41, 5.74) is 5.04. The highest BCUT2D eigenvalue weighted by Crippen LogP contribution is 2.48. The Labute approximate surface area is 86.0 Å². The van der Waals surface area contributed by atoms with Crippen LogP contribution in [0.2, 0.25) is 0 Å². The van der Waals surface area contributed by atoms with Crippen LogP contribution in [-0.4, -0.2) is 19.6 Å². The molecule has 0 heterocycles. The van der Waals surface area contributed by atoms with Gasteiger partial charge in [0.15, 0.2) is 0 Å². The number of primary amides is 1. The summed E-state index contributed by atoms with van der Waals surface area (Å²) < 4.78 is 5.06. The molecule has 0 saturated heterocycles. The normalized spacial score (nSPS) is 31.6. The van der Waals surface area contributed by atoms with E-state index in [2.05, 4.69) is 13.8 Å². The number of carbonyl (C=O) groups is 1. The number of rotatable bonds is 5. The van der Waals surface area contributed by atoms with E-state index in [9.17, 15) is 4.79 Å². The maximum atomic E-state index is 11.3. The fraction of sp³-hybridized carbons (Fsp3) is 0.909. The maximum absolute atomic E-state index is 11.3. The van der Waals surface area contributed by atoms with E-state index in [1.165, 1.54) is 6.42 Å². The van der Waals surface area contributed by atoms with Gasteiger partial charge in [-0.05, 0) is 31.1 Å². The molecule has 0 bridgehead atoms. The van der Waals surface area contributed by atoms with Crippen LogP contribution in [0.3, 0.4) is 0 Å². The summed E-state index contributed by atoms with van der Waals surface area (Å²) in [5.74, 6) is 1.17. The van der Waals surface area contributed by atoms with Crippen LogP contribution in [0, 0.1) is 17.3 Å². The molecule has 1 aliphatic carbocycles. The van der Waals surface area contributed by atoms with Gasteiger partial charge >= 0.3 is 0 Å². The number of hydrogen-bond donors (Lipinski definition) is 1. The molecule has 3 nitrogen and oxygen atoms in total. The summed E-state index contributed by atoms with van der Waals surface area (Å²) in [6, 6.07) is 0. The van der Waals surface area contributed by atoms with Gasteiger partial charge in [-0.1, -0.05) is 13.8 Å². The molecule has 0 aromatic carbocycles. The first-order chi connectivity index (χ1) is 6.50. The fourth-order valence-corrected chi connectivity index (χ4v) is 2.55. The lowest BCUT2D eigenvalue weighted by Crippen LogP contribution is -2.50. The molecule has 0 aliphatic heterocycles. The second-order valence-electron chi connectivity index (χ2n) is 4.98. The average molecular weight is 199 g/mol. The predicted octanol–water partition coefficient (Wildman–Crippen LogP) is 1.56. The molecule has 2 N–H and O–H groups in total. The molecule has 0 spiro atoms. The van der Waals surface area contributed by atoms with Crippen LogP contribution in [-0.2, 0) is 9.53 Å². The van der Waals surface area contributed by atoms with Gasteiger partial charge in [-0.2, -0.15) is 0 Å². The van der Waals surface area contributed by atoms with Crippen molar-refractivity contribution in [1.82, 2.24) is 0 Å². The summed E-state index contributed by atoms with van der Waals surface area (Å²) in [4.78, 5) is 11.3. The molecule has 14 heavy (non-hydrogen) atoms. The lowest BCUT2D eigenvalue weighted by Gasteiger charge is -2.45. The molecule has 0 aromatic rings. The number of amides is 1. The van der Waals surface area contributed by atoms with Crippen LogP contribution in [0.15, 0.2) is 0 Å². The summed E-state index contributed by atoms with van der Waals surface area (Å²) in [7, 11) is 1.63. The highest BCUT2D eigenvalue weighted by atomic mass is 16.5. The molecular formula is C11H21NO2. The van der Waals surface area contributed by atoms with E-state index in [0.29, 0.717) is 18.4 Å². The van der Waals surface area contributed by atoms with Gasteiger partial charge in [0.2, 0.25) is 5.91 Å². The van der Waals surface area contributed by atoms with Crippen molar-refractivity contribution in [3.05, 3.63) is 0 Å². The minimum Gasteiger partial charge on any atom is -0.384 e. The molecule has 1 saturated carbocycles. The summed E-state index contributed by atoms with van der Waals surface area (Å²) in [5, 5.41) is 0. The zero-order chi connectivity index (χ0) is 10.8. The Hall–Kier alpha value is -0.570. The van der Waals surface area contributed by atoms with E-state index in [4.69, 9.17) is 10.5 Å². The minimum atomic E-state index is -0.353. The highest BCUT2D eigenvalue weighted by molar-refractivity contribution is 5.82. The van der Waals surface area contributed by atoms with Gasteiger partial charge in [-0.3, -0.25) is 4.79 Å². The van der Waals surface area contributed by atoms with Crippen LogP contribution in [0.5, 0.6) is 0 Å². The van der Waals surface area contributed by atoms with Crippen molar-refractivity contribution < 1.29 is 9.53 Å². The van der Waals surface area contributed by atoms with E-state index >= 15 is 0 Å². The van der Waals surface area contributed by atoms with Crippen molar-refractivity contribution in [1.29, 1.82) is 0 Å². The van der Waals surface area contributed by atoms with Crippen molar-refractivity contribution in [3.8, 4) is 0 Å². The molecule has 1 rings (SSSR count). The third-order valence-corrected chi connectivity index (χ3v) is 3.11. The van der Waals surface area contributed by atoms with Crippen LogP contribution in [0.4, 0.5) is 0 Å². The first-order valence-corrected chi connectivity index (χ1v) is 5.29. The Kier molecular flexibility index (Phi) is 3.53. The summed E-state index contributed by atoms with van der Waals surface area (Å²) in [6.45, 7) is 4.90. The van der Waals surface area contributed by atoms with Crippen molar-refractivity contribution in [3.63, 3.8) is 0 Å². The maximum Gasteiger partial charge on any atom is 0.225 e. The third kappa shape index (κ3) is 2.27. The number of hydrogen-bond acceptors (Lipinski definition) is 2. The molecule has 1 aliphatic rings. The standard InChI is InChI=1S/C11H21NO2/c1-8(2)4-9-5-11(6-9,7-14-3)10(12)13/h8-9H,4-7H2,1-3H3,(H2,12,13). The zero-order valence-electron chi connectivity index (χ0n) is 9.38. The average Bonchev–Trinajstić information content (AvgIpc) is 1.98. The Bertz CT molecular complexity index is 207. The molecule has 0 atom stereocenters. The van der Waals surface area contributed by atoms with Gasteiger partial charge < -0.3 is 10.5 Å². The third-order valence-electron chi connectivity index (χ3n) is 3.11. The second kappa shape index (κ2) is 4.30. The topological polar surface area (TPSA) is 52.3 Å². The highest BCUT2D eigenvalue weighted by Gasteiger charge is 2.48. The van der Waals surface area contributed by atoms with Gasteiger partial charge in [0.1, 0.15) is 0 Å². The van der Waals surface area contributed by atoms with Crippen LogP contribution in [0.25, 0.3) is 0 Å². The SMILES string of the molecule is COCC1(C(N)=O)CC(CC(C)C)C1. The summed E-state index contributed by atoms with van der Waals surface area (Å²) in [6.07, 6.45) is 3.02. The van der Waals surface area contributed by atoms with Crippen molar-refractivity contribution in [2.75, 3.05) is 13.7 Å². The molecule has 0 radical (unpaired) electrons. The van der Waals surface area contributed by atoms with E-state index in [1.807, 2.05) is 0 Å². The van der Waals surface area contributed by atoms with E-state index in [-0.39, 0.29) is 11.3 Å². The number of nitrogens with two attached hydrogens (primary N) is 1. The number of ether oxygens (including phenoxy) is 1. The number of carbonyl (C=O) groups excluding carboxylic acids is 1. The quantitative estimate of drug-likeness (QED) is 0.730. The lowest BCUT2D eigenvalue weighted by molar-refractivity contribution is -0.142. The van der Waals surface area contributed by atoms with Gasteiger partial charge in [0.25, 0.3) is 0 Å². The van der Waals surface area contributed by atoms with Crippen LogP contribution < -0.4 is 5.73 Å². The van der Waals surface area contributed by atoms with Crippen LogP contribution >= 0.6 is 0 Å². The lowest BCUT2D eigenvalue weighted by atomic mass is 9.60. The van der Waals surface area contributed by atoms with E-state index < -0.39 is 0 Å². The molecular weight excluding hydrogens is 178 g/mol. The van der Waals surface area contributed by atoms with Crippen LogP contribution in [0.1, 0.15) is 33.1 Å². The number of methoxy groups -OCH3 is 1. The molecule has 1 fully saturated rings. The molecule has 82 valence electrons. The molecule has 1 amide bonds. The van der Waals surface area contributed by atoms with Gasteiger partial charge in [-0.15, -0.1) is 0 Å². The Morgan fingerprint density at radius 2 is 2.14 bits per heavy atom. The van der Waals surface area contributed by atoms with Gasteiger partial charge in [0, 0.05) is 7.11 Å². The Morgan fingerprint density at radius 3 is 2.50 bits per heavy atom. The molecule has 0 unspecified atom stereocenters. The minimum absolute atomic E-state index is 0.195. The molecule has 0 aromatic heterocycles. The first kappa shape index (κ1) is 11.5. The van der Waals surface area contributed by atoms with Gasteiger partial charge in [-0.25, -0.2) is 0 Å². The van der Waals surface area contributed by atoms with E-state index in [1.54, 1.807) is 7.11 Å².